The molecule has 0 saturated carbocycles. The van der Waals surface area contributed by atoms with Gasteiger partial charge in [-0.2, -0.15) is 0 Å². The number of amides is 1. The summed E-state index contributed by atoms with van der Waals surface area (Å²) in [4.78, 5) is 13.1. The number of hydrogen-bond acceptors (Lipinski definition) is 1. The Hall–Kier alpha value is -0.790. The molecular weight excluding hydrogens is 150 g/mol. The third kappa shape index (κ3) is 2.10. The van der Waals surface area contributed by atoms with E-state index in [0.29, 0.717) is 0 Å². The molecule has 1 heterocycles. The first-order valence-corrected chi connectivity index (χ1v) is 4.46. The number of carbonyl (C=O) groups excluding carboxylic acids is 1. The van der Waals surface area contributed by atoms with Crippen molar-refractivity contribution in [3.63, 3.8) is 0 Å². The van der Waals surface area contributed by atoms with Crippen LogP contribution < -0.4 is 0 Å². The molecule has 1 aliphatic heterocycles. The average molecular weight is 167 g/mol. The van der Waals surface area contributed by atoms with Gasteiger partial charge in [0.2, 0.25) is 5.91 Å². The van der Waals surface area contributed by atoms with Crippen LogP contribution in [0.4, 0.5) is 0 Å². The van der Waals surface area contributed by atoms with Crippen molar-refractivity contribution in [2.24, 2.45) is 5.41 Å². The van der Waals surface area contributed by atoms with E-state index in [4.69, 9.17) is 0 Å². The molecule has 0 spiro atoms. The van der Waals surface area contributed by atoms with Crippen molar-refractivity contribution in [1.82, 2.24) is 4.90 Å². The fourth-order valence-corrected chi connectivity index (χ4v) is 1.74. The van der Waals surface area contributed by atoms with Crippen LogP contribution in [-0.2, 0) is 4.79 Å². The van der Waals surface area contributed by atoms with Gasteiger partial charge in [-0.1, -0.05) is 20.4 Å². The number of piperidine rings is 1. The Morgan fingerprint density at radius 2 is 2.25 bits per heavy atom. The van der Waals surface area contributed by atoms with Gasteiger partial charge in [0.1, 0.15) is 0 Å². The molecule has 0 bridgehead atoms. The SMILES string of the molecule is C=CC(=O)N1CCCC(C)(C)C1. The van der Waals surface area contributed by atoms with Gasteiger partial charge in [0.05, 0.1) is 0 Å². The van der Waals surface area contributed by atoms with Crippen LogP contribution >= 0.6 is 0 Å². The molecule has 12 heavy (non-hydrogen) atoms. The zero-order valence-electron chi connectivity index (χ0n) is 7.97. The fraction of sp³-hybridized carbons (Fsp3) is 0.700. The number of rotatable bonds is 1. The van der Waals surface area contributed by atoms with Gasteiger partial charge in [-0.15, -0.1) is 0 Å². The average Bonchev–Trinajstić information content (AvgIpc) is 2.01. The van der Waals surface area contributed by atoms with Crippen LogP contribution in [0.2, 0.25) is 0 Å². The zero-order valence-corrected chi connectivity index (χ0v) is 7.97. The highest BCUT2D eigenvalue weighted by Gasteiger charge is 2.27. The molecule has 0 unspecified atom stereocenters. The van der Waals surface area contributed by atoms with Crippen LogP contribution in [0.15, 0.2) is 12.7 Å². The third-order valence-corrected chi connectivity index (χ3v) is 2.39. The van der Waals surface area contributed by atoms with Crippen LogP contribution in [0.5, 0.6) is 0 Å². The van der Waals surface area contributed by atoms with Gasteiger partial charge in [-0.25, -0.2) is 0 Å². The van der Waals surface area contributed by atoms with E-state index in [2.05, 4.69) is 20.4 Å². The monoisotopic (exact) mass is 167 g/mol. The van der Waals surface area contributed by atoms with Crippen LogP contribution in [0.3, 0.4) is 0 Å². The molecule has 0 radical (unpaired) electrons. The first kappa shape index (κ1) is 9.30. The first-order valence-electron chi connectivity index (χ1n) is 4.46. The Balaban J connectivity index is 2.57. The summed E-state index contributed by atoms with van der Waals surface area (Å²) >= 11 is 0. The van der Waals surface area contributed by atoms with Crippen molar-refractivity contribution in [3.05, 3.63) is 12.7 Å². The minimum absolute atomic E-state index is 0.0720. The van der Waals surface area contributed by atoms with E-state index >= 15 is 0 Å². The highest BCUT2D eigenvalue weighted by Crippen LogP contribution is 2.28. The van der Waals surface area contributed by atoms with Gasteiger partial charge in [0.15, 0.2) is 0 Å². The number of hydrogen-bond donors (Lipinski definition) is 0. The van der Waals surface area contributed by atoms with Gasteiger partial charge in [0, 0.05) is 13.1 Å². The van der Waals surface area contributed by atoms with Gasteiger partial charge in [-0.3, -0.25) is 4.79 Å². The molecule has 0 N–H and O–H groups in total. The number of carbonyl (C=O) groups is 1. The van der Waals surface area contributed by atoms with E-state index in [1.54, 1.807) is 0 Å². The molecule has 1 fully saturated rings. The maximum absolute atomic E-state index is 11.3. The minimum atomic E-state index is 0.0720. The van der Waals surface area contributed by atoms with E-state index in [1.165, 1.54) is 12.5 Å². The predicted octanol–water partition coefficient (Wildman–Crippen LogP) is 1.82. The van der Waals surface area contributed by atoms with Crippen molar-refractivity contribution >= 4 is 5.91 Å². The van der Waals surface area contributed by atoms with Crippen molar-refractivity contribution in [2.75, 3.05) is 13.1 Å². The smallest absolute Gasteiger partial charge is 0.245 e. The van der Waals surface area contributed by atoms with Gasteiger partial charge >= 0.3 is 0 Å². The molecule has 1 saturated heterocycles. The Morgan fingerprint density at radius 1 is 1.58 bits per heavy atom. The highest BCUT2D eigenvalue weighted by atomic mass is 16.2. The Kier molecular flexibility index (Phi) is 2.55. The van der Waals surface area contributed by atoms with Gasteiger partial charge in [-0.05, 0) is 24.3 Å². The van der Waals surface area contributed by atoms with Crippen LogP contribution in [0.1, 0.15) is 26.7 Å². The molecule has 2 heteroatoms. The van der Waals surface area contributed by atoms with Gasteiger partial charge in [0.25, 0.3) is 0 Å². The maximum Gasteiger partial charge on any atom is 0.245 e. The summed E-state index contributed by atoms with van der Waals surface area (Å²) in [6.07, 6.45) is 3.74. The van der Waals surface area contributed by atoms with E-state index in [0.717, 1.165) is 19.5 Å². The van der Waals surface area contributed by atoms with Crippen molar-refractivity contribution in [1.29, 1.82) is 0 Å². The lowest BCUT2D eigenvalue weighted by atomic mass is 9.84. The Morgan fingerprint density at radius 3 is 2.75 bits per heavy atom. The molecule has 1 aliphatic rings. The molecule has 68 valence electrons. The van der Waals surface area contributed by atoms with Crippen LogP contribution in [0, 0.1) is 5.41 Å². The Labute approximate surface area is 74.2 Å². The third-order valence-electron chi connectivity index (χ3n) is 2.39. The number of nitrogens with zero attached hydrogens (tertiary/aromatic N) is 1. The lowest BCUT2D eigenvalue weighted by Crippen LogP contribution is -2.42. The summed E-state index contributed by atoms with van der Waals surface area (Å²) in [7, 11) is 0. The van der Waals surface area contributed by atoms with Crippen LogP contribution in [0.25, 0.3) is 0 Å². The van der Waals surface area contributed by atoms with E-state index in [9.17, 15) is 4.79 Å². The summed E-state index contributed by atoms with van der Waals surface area (Å²) in [6, 6.07) is 0. The molecule has 1 rings (SSSR count). The summed E-state index contributed by atoms with van der Waals surface area (Å²) < 4.78 is 0. The summed E-state index contributed by atoms with van der Waals surface area (Å²) in [5.41, 5.74) is 0.289. The second-order valence-corrected chi connectivity index (χ2v) is 4.23. The predicted molar refractivity (Wildman–Crippen MR) is 49.8 cm³/mol. The summed E-state index contributed by atoms with van der Waals surface area (Å²) in [5.74, 6) is 0.0720. The maximum atomic E-state index is 11.3. The lowest BCUT2D eigenvalue weighted by molar-refractivity contribution is -0.128. The minimum Gasteiger partial charge on any atom is -0.339 e. The molecule has 0 aromatic rings. The molecule has 2 nitrogen and oxygen atoms in total. The second-order valence-electron chi connectivity index (χ2n) is 4.23. The fourth-order valence-electron chi connectivity index (χ4n) is 1.74. The molecule has 0 aliphatic carbocycles. The summed E-state index contributed by atoms with van der Waals surface area (Å²) in [6.45, 7) is 9.67. The topological polar surface area (TPSA) is 20.3 Å². The highest BCUT2D eigenvalue weighted by molar-refractivity contribution is 5.87. The van der Waals surface area contributed by atoms with Crippen molar-refractivity contribution < 1.29 is 4.79 Å². The standard InChI is InChI=1S/C10H17NO/c1-4-9(12)11-7-5-6-10(2,3)8-11/h4H,1,5-8H2,2-3H3. The van der Waals surface area contributed by atoms with Crippen molar-refractivity contribution in [2.45, 2.75) is 26.7 Å². The van der Waals surface area contributed by atoms with E-state index in [1.807, 2.05) is 4.90 Å². The molecule has 0 aromatic heterocycles. The summed E-state index contributed by atoms with van der Waals surface area (Å²) in [5, 5.41) is 0. The molecule has 0 atom stereocenters. The molecule has 0 aromatic carbocycles. The molecule has 1 amide bonds. The van der Waals surface area contributed by atoms with E-state index < -0.39 is 0 Å². The second kappa shape index (κ2) is 3.30. The zero-order chi connectivity index (χ0) is 9.19. The first-order chi connectivity index (χ1) is 5.55. The van der Waals surface area contributed by atoms with Gasteiger partial charge < -0.3 is 4.90 Å². The quantitative estimate of drug-likeness (QED) is 0.545. The molecular formula is C10H17NO. The van der Waals surface area contributed by atoms with Crippen LogP contribution in [-0.4, -0.2) is 23.9 Å². The van der Waals surface area contributed by atoms with Crippen molar-refractivity contribution in [3.8, 4) is 0 Å². The number of likely N-dealkylation sites (tertiary alicyclic amines) is 1. The largest absolute Gasteiger partial charge is 0.339 e. The Bertz CT molecular complexity index is 196. The normalized spacial score (nSPS) is 22.0. The van der Waals surface area contributed by atoms with E-state index in [-0.39, 0.29) is 11.3 Å². The lowest BCUT2D eigenvalue weighted by Gasteiger charge is -2.37.